The maximum atomic E-state index is 7.69. The molecule has 6 unspecified atom stereocenters. The van der Waals surface area contributed by atoms with Crippen LogP contribution in [0.5, 0.6) is 0 Å². The van der Waals surface area contributed by atoms with Crippen molar-refractivity contribution < 1.29 is 84.2 Å². The highest BCUT2D eigenvalue weighted by Crippen LogP contribution is 2.68. The molecule has 10 aliphatic rings. The lowest BCUT2D eigenvalue weighted by Gasteiger charge is -2.61. The Morgan fingerprint density at radius 3 is 1.52 bits per heavy atom. The maximum absolute atomic E-state index is 7.69. The lowest BCUT2D eigenvalue weighted by molar-refractivity contribution is -0.234. The molecule has 0 aromatic rings. The van der Waals surface area contributed by atoms with Crippen molar-refractivity contribution in [2.45, 2.75) is 126 Å². The molecular weight excluding hydrogens is 1010 g/mol. The monoisotopic (exact) mass is 1070 g/mol. The van der Waals surface area contributed by atoms with Crippen LogP contribution in [0.2, 0.25) is 105 Å². The third-order valence-electron chi connectivity index (χ3n) is 9.22. The van der Waals surface area contributed by atoms with Crippen LogP contribution in [0, 0.1) is 0 Å². The smallest absolute Gasteiger partial charge is 0.418 e. The highest BCUT2D eigenvalue weighted by atomic mass is 28.6. The summed E-state index contributed by atoms with van der Waals surface area (Å²) in [6.45, 7) is 32.4. The van der Waals surface area contributed by atoms with Gasteiger partial charge in [-0.15, -0.1) is 0 Å². The van der Waals surface area contributed by atoms with Crippen molar-refractivity contribution in [3.63, 3.8) is 0 Å². The zero-order chi connectivity index (χ0) is 40.9. The van der Waals surface area contributed by atoms with Gasteiger partial charge in [-0.05, 0) is 91.7 Å². The van der Waals surface area contributed by atoms with E-state index >= 15 is 0 Å². The summed E-state index contributed by atoms with van der Waals surface area (Å²) in [6.07, 6.45) is 0. The molecule has 56 heavy (non-hydrogen) atoms. The molecule has 322 valence electrons. The highest BCUT2D eigenvalue weighted by Gasteiger charge is 3.07. The van der Waals surface area contributed by atoms with Crippen molar-refractivity contribution >= 4 is 143 Å². The molecule has 10 saturated heterocycles. The molecule has 0 saturated carbocycles. The Bertz CT molecular complexity index is 1550. The molecule has 9 bridgehead atoms. The summed E-state index contributed by atoms with van der Waals surface area (Å²) in [5.74, 6) is 0. The van der Waals surface area contributed by atoms with Gasteiger partial charge in [-0.25, -0.2) is 0 Å². The molecule has 0 radical (unpaired) electrons. The largest absolute Gasteiger partial charge is 0.656 e. The minimum Gasteiger partial charge on any atom is -0.418 e. The van der Waals surface area contributed by atoms with Crippen LogP contribution in [0.4, 0.5) is 0 Å². The van der Waals surface area contributed by atoms with Crippen LogP contribution in [-0.4, -0.2) is 165 Å². The summed E-state index contributed by atoms with van der Waals surface area (Å²) in [7, 11) is -53.9. The summed E-state index contributed by atoms with van der Waals surface area (Å²) in [6, 6.07) is 0. The van der Waals surface area contributed by atoms with Crippen LogP contribution < -0.4 is 0 Å². The second-order valence-corrected chi connectivity index (χ2v) is 61.4. The number of hydrogen-bond acceptors (Lipinski definition) is 20. The van der Waals surface area contributed by atoms with E-state index in [-0.39, 0.29) is 0 Å². The summed E-state index contributed by atoms with van der Waals surface area (Å²) in [4.78, 5) is 0. The van der Waals surface area contributed by atoms with Gasteiger partial charge in [0.1, 0.15) is 20.3 Å². The second kappa shape index (κ2) is 14.6. The van der Waals surface area contributed by atoms with Crippen LogP contribution in [-0.2, 0) is 84.2 Å². The van der Waals surface area contributed by atoms with Crippen molar-refractivity contribution in [1.82, 2.24) is 0 Å². The van der Waals surface area contributed by atoms with Crippen molar-refractivity contribution in [2.75, 3.05) is 0 Å². The predicted molar refractivity (Wildman–Crippen MR) is 232 cm³/mol. The van der Waals surface area contributed by atoms with Gasteiger partial charge in [-0.2, -0.15) is 0 Å². The molecular formula is C20H58O20Si16. The fraction of sp³-hybridized carbons (Fsp3) is 1.00. The Hall–Kier alpha value is 2.67. The zero-order valence-corrected chi connectivity index (χ0v) is 52.2. The van der Waals surface area contributed by atoms with Crippen molar-refractivity contribution in [1.29, 1.82) is 0 Å². The Balaban J connectivity index is 1.55. The van der Waals surface area contributed by atoms with Gasteiger partial charge in [0, 0.05) is 0 Å². The molecule has 0 amide bonds. The minimum absolute atomic E-state index is 0.998. The van der Waals surface area contributed by atoms with Gasteiger partial charge in [0.15, 0.2) is 63.3 Å². The van der Waals surface area contributed by atoms with E-state index in [0.717, 1.165) is 0 Å². The van der Waals surface area contributed by atoms with Gasteiger partial charge < -0.3 is 84.2 Å². The number of rotatable bonds is 15. The summed E-state index contributed by atoms with van der Waals surface area (Å²) in [5, 5.41) is -3.76. The van der Waals surface area contributed by atoms with Crippen LogP contribution in [0.1, 0.15) is 0 Å². The van der Waals surface area contributed by atoms with Crippen LogP contribution >= 0.6 is 0 Å². The van der Waals surface area contributed by atoms with E-state index in [4.69, 9.17) is 84.2 Å². The molecule has 10 aliphatic heterocycles. The normalized spacial score (nSPS) is 49.9. The third kappa shape index (κ3) is 6.64. The zero-order valence-electron chi connectivity index (χ0n) is 34.9. The minimum atomic E-state index is -4.75. The quantitative estimate of drug-likeness (QED) is 0.185. The summed E-state index contributed by atoms with van der Waals surface area (Å²) >= 11 is 0. The lowest BCUT2D eigenvalue weighted by Crippen LogP contribution is -2.92. The summed E-state index contributed by atoms with van der Waals surface area (Å²) in [5.41, 5.74) is -2.16. The summed E-state index contributed by atoms with van der Waals surface area (Å²) < 4.78 is 146. The molecule has 0 N–H and O–H groups in total. The van der Waals surface area contributed by atoms with E-state index < -0.39 is 165 Å². The standard InChI is InChI=1S/C20H58O20Si16/c1-41(2)19-23-52(24-19)20-25-49-18-17(21-42(3)4)50(33-49,27-43(5)6)35-55(26-20,31-47(13)14)39-53(20,29-45(9)10)36-51(19,28-44(7)8)37-56(34-49,32-48(15)16)40-54(22-18,38-52)30-46(11)12/h17-18,41-48H,1-16H3/t17?,18?,19?,20?,49-,50?,51-,52?,53+,54?,55?,56+/m0/s1. The average Bonchev–Trinajstić information content (AvgIpc) is 3.27. The lowest BCUT2D eigenvalue weighted by atomic mass is 10.8. The van der Waals surface area contributed by atoms with E-state index in [1.165, 1.54) is 0 Å². The Morgan fingerprint density at radius 2 is 0.964 bits per heavy atom. The molecule has 10 heterocycles. The molecule has 10 atom stereocenters. The molecule has 10 fully saturated rings. The maximum Gasteiger partial charge on any atom is 0.656 e. The second-order valence-electron chi connectivity index (χ2n) is 17.2. The van der Waals surface area contributed by atoms with Crippen molar-refractivity contribution in [2.24, 2.45) is 0 Å². The first-order valence-electron chi connectivity index (χ1n) is 19.6. The van der Waals surface area contributed by atoms with Crippen molar-refractivity contribution in [3.8, 4) is 0 Å². The third-order valence-corrected chi connectivity index (χ3v) is 62.6. The Kier molecular flexibility index (Phi) is 11.8. The van der Waals surface area contributed by atoms with Gasteiger partial charge >= 0.3 is 71.2 Å². The molecule has 0 aromatic heterocycles. The molecule has 10 rings (SSSR count). The average molecular weight is 1070 g/mol. The van der Waals surface area contributed by atoms with Gasteiger partial charge in [-0.1, -0.05) is 13.1 Å². The van der Waals surface area contributed by atoms with E-state index in [1.54, 1.807) is 0 Å². The first-order chi connectivity index (χ1) is 25.8. The van der Waals surface area contributed by atoms with Crippen LogP contribution in [0.25, 0.3) is 0 Å². The van der Waals surface area contributed by atoms with Gasteiger partial charge in [0.25, 0.3) is 5.03 Å². The number of hydrogen-bond donors (Lipinski definition) is 0. The van der Waals surface area contributed by atoms with Gasteiger partial charge in [0.2, 0.25) is 5.03 Å². The van der Waals surface area contributed by atoms with E-state index in [1.807, 2.05) is 91.7 Å². The van der Waals surface area contributed by atoms with Crippen LogP contribution in [0.3, 0.4) is 0 Å². The predicted octanol–water partition coefficient (Wildman–Crippen LogP) is -0.836. The number of fused-ring (bicyclic) bond motifs is 2. The van der Waals surface area contributed by atoms with E-state index in [2.05, 4.69) is 13.1 Å². The topological polar surface area (TPSA) is 185 Å². The molecule has 20 nitrogen and oxygen atoms in total. The first kappa shape index (κ1) is 45.2. The molecule has 0 aliphatic carbocycles. The van der Waals surface area contributed by atoms with Gasteiger partial charge in [0.05, 0.1) is 0 Å². The highest BCUT2D eigenvalue weighted by molar-refractivity contribution is 7.09. The first-order valence-corrected chi connectivity index (χ1v) is 55.7. The van der Waals surface area contributed by atoms with Crippen molar-refractivity contribution in [3.05, 3.63) is 0 Å². The molecule has 36 heteroatoms. The fourth-order valence-electron chi connectivity index (χ4n) is 7.97. The van der Waals surface area contributed by atoms with E-state index in [0.29, 0.717) is 0 Å². The molecule has 0 aromatic carbocycles. The van der Waals surface area contributed by atoms with Crippen LogP contribution in [0.15, 0.2) is 0 Å². The fourth-order valence-corrected chi connectivity index (χ4v) is 79.3. The van der Waals surface area contributed by atoms with E-state index in [9.17, 15) is 0 Å². The SMILES string of the molecule is C[SiH](C)OC1C2O[Si]3(O[SiH](C)C)O[Si]45OC([SiH](C)C)(O4)[Si@@]4(O[SiH](C)C)O[Si@](O[SiH](C)C)(O3)O[Si@]23OC52O[Si](O[SiH](C)C)(O[Si]1(O[SiH](C)C)O3)O[Si@]2(O[SiH](C)C)O4. The molecule has 3 spiro atoms. The Morgan fingerprint density at radius 1 is 0.429 bits per heavy atom. The van der Waals surface area contributed by atoms with Gasteiger partial charge in [-0.3, -0.25) is 0 Å². The Labute approximate surface area is 351 Å².